The summed E-state index contributed by atoms with van der Waals surface area (Å²) in [5.41, 5.74) is -2.31. The molecule has 0 spiro atoms. The quantitative estimate of drug-likeness (QED) is 0.434. The zero-order valence-electron chi connectivity index (χ0n) is 23.3. The highest BCUT2D eigenvalue weighted by Gasteiger charge is 2.64. The van der Waals surface area contributed by atoms with Crippen LogP contribution in [-0.2, 0) is 31.7 Å². The number of benzene rings is 1. The van der Waals surface area contributed by atoms with Gasteiger partial charge in [-0.25, -0.2) is 4.39 Å². The summed E-state index contributed by atoms with van der Waals surface area (Å²) in [5.74, 6) is 0.237. The van der Waals surface area contributed by atoms with Crippen molar-refractivity contribution in [3.05, 3.63) is 70.5 Å². The van der Waals surface area contributed by atoms with Gasteiger partial charge in [0, 0.05) is 41.2 Å². The number of aryl methyl sites for hydroxylation is 1. The molecule has 2 aromatic rings. The van der Waals surface area contributed by atoms with Crippen molar-refractivity contribution in [1.29, 1.82) is 0 Å². The van der Waals surface area contributed by atoms with Crippen LogP contribution < -0.4 is 5.32 Å². The Kier molecular flexibility index (Phi) is 5.94. The van der Waals surface area contributed by atoms with Crippen molar-refractivity contribution in [2.75, 3.05) is 0 Å². The van der Waals surface area contributed by atoms with Gasteiger partial charge < -0.3 is 14.8 Å². The number of hydrogen-bond acceptors (Lipinski definition) is 4. The van der Waals surface area contributed by atoms with Crippen LogP contribution in [0.3, 0.4) is 0 Å². The largest absolute Gasteiger partial charge is 0.416 e. The van der Waals surface area contributed by atoms with E-state index in [0.29, 0.717) is 23.5 Å². The van der Waals surface area contributed by atoms with Crippen molar-refractivity contribution in [3.8, 4) is 0 Å². The Morgan fingerprint density at radius 1 is 1.12 bits per heavy atom. The van der Waals surface area contributed by atoms with E-state index < -0.39 is 34.1 Å². The van der Waals surface area contributed by atoms with E-state index in [2.05, 4.69) is 22.4 Å². The molecule has 0 saturated heterocycles. The average molecular weight is 558 g/mol. The van der Waals surface area contributed by atoms with E-state index in [9.17, 15) is 18.0 Å². The number of allylic oxidation sites excluding steroid dienone is 4. The van der Waals surface area contributed by atoms with Gasteiger partial charge in [-0.05, 0) is 81.7 Å². The third-order valence-electron chi connectivity index (χ3n) is 9.80. The van der Waals surface area contributed by atoms with Gasteiger partial charge in [0.15, 0.2) is 0 Å². The molecule has 214 valence electrons. The topological polar surface area (TPSA) is 63.1 Å². The van der Waals surface area contributed by atoms with Crippen LogP contribution in [0.4, 0.5) is 17.6 Å². The van der Waals surface area contributed by atoms with Gasteiger partial charge >= 0.3 is 6.18 Å². The maximum atomic E-state index is 15.1. The number of amides is 1. The molecular formula is C30H35F4N5O. The Hall–Kier alpha value is -3.01. The van der Waals surface area contributed by atoms with Crippen molar-refractivity contribution < 1.29 is 22.4 Å². The molecule has 1 atom stereocenters. The fourth-order valence-corrected chi connectivity index (χ4v) is 7.37. The molecule has 40 heavy (non-hydrogen) atoms. The number of nitrogens with zero attached hydrogens (tertiary/aromatic N) is 4. The Morgan fingerprint density at radius 2 is 1.85 bits per heavy atom. The Labute approximate surface area is 231 Å². The molecule has 2 heterocycles. The van der Waals surface area contributed by atoms with Crippen molar-refractivity contribution >= 4 is 5.91 Å². The molecule has 10 heteroatoms. The van der Waals surface area contributed by atoms with Crippen LogP contribution in [0.5, 0.6) is 0 Å². The molecule has 1 unspecified atom stereocenters. The fraction of sp³-hybridized carbons (Fsp3) is 0.567. The minimum Gasteiger partial charge on any atom is -0.320 e. The van der Waals surface area contributed by atoms with Gasteiger partial charge in [-0.15, -0.1) is 10.2 Å². The first-order valence-corrected chi connectivity index (χ1v) is 13.9. The first kappa shape index (κ1) is 27.2. The van der Waals surface area contributed by atoms with Gasteiger partial charge in [0.25, 0.3) is 5.91 Å². The third-order valence-corrected chi connectivity index (χ3v) is 9.80. The summed E-state index contributed by atoms with van der Waals surface area (Å²) < 4.78 is 59.6. The second-order valence-electron chi connectivity index (χ2n) is 13.1. The van der Waals surface area contributed by atoms with Crippen LogP contribution in [0.15, 0.2) is 42.4 Å². The summed E-state index contributed by atoms with van der Waals surface area (Å²) in [6.07, 6.45) is 6.54. The summed E-state index contributed by atoms with van der Waals surface area (Å²) in [6.45, 7) is 5.78. The van der Waals surface area contributed by atoms with E-state index in [1.807, 2.05) is 26.1 Å². The Morgan fingerprint density at radius 3 is 2.42 bits per heavy atom. The number of hydrogen-bond donors (Lipinski definition) is 1. The predicted octanol–water partition coefficient (Wildman–Crippen LogP) is 6.13. The molecule has 2 fully saturated rings. The molecule has 2 saturated carbocycles. The summed E-state index contributed by atoms with van der Waals surface area (Å²) >= 11 is 0. The lowest BCUT2D eigenvalue weighted by Crippen LogP contribution is -2.60. The average Bonchev–Trinajstić information content (AvgIpc) is 3.41. The molecule has 4 aliphatic rings. The molecule has 1 N–H and O–H groups in total. The minimum atomic E-state index is -4.58. The van der Waals surface area contributed by atoms with Crippen molar-refractivity contribution in [3.63, 3.8) is 0 Å². The van der Waals surface area contributed by atoms with Crippen LogP contribution >= 0.6 is 0 Å². The minimum absolute atomic E-state index is 0.0104. The molecular weight excluding hydrogens is 522 g/mol. The normalized spacial score (nSPS) is 31.1. The second-order valence-corrected chi connectivity index (χ2v) is 13.1. The highest BCUT2D eigenvalue weighted by atomic mass is 19.4. The molecule has 1 aromatic carbocycles. The maximum absolute atomic E-state index is 15.1. The number of carbonyl (C=O) groups is 1. The smallest absolute Gasteiger partial charge is 0.320 e. The van der Waals surface area contributed by atoms with E-state index in [4.69, 9.17) is 0 Å². The number of nitrogens with one attached hydrogen (secondary N) is 1. The molecule has 1 amide bonds. The number of alkyl halides is 4. The van der Waals surface area contributed by atoms with Gasteiger partial charge in [0.1, 0.15) is 17.8 Å². The van der Waals surface area contributed by atoms with E-state index in [1.165, 1.54) is 11.0 Å². The molecule has 0 bridgehead atoms. The molecule has 6 rings (SSSR count). The van der Waals surface area contributed by atoms with Crippen LogP contribution in [0, 0.1) is 5.41 Å². The molecule has 6 nitrogen and oxygen atoms in total. The Balaban J connectivity index is 1.31. The fourth-order valence-electron chi connectivity index (χ4n) is 7.37. The zero-order chi connectivity index (χ0) is 28.7. The number of aromatic nitrogens is 3. The zero-order valence-corrected chi connectivity index (χ0v) is 23.3. The van der Waals surface area contributed by atoms with E-state index in [0.717, 1.165) is 19.3 Å². The van der Waals surface area contributed by atoms with Crippen molar-refractivity contribution in [1.82, 2.24) is 25.0 Å². The first-order chi connectivity index (χ1) is 18.7. The summed E-state index contributed by atoms with van der Waals surface area (Å²) in [7, 11) is 1.83. The number of carbonyl (C=O) groups excluding carboxylic acids is 1. The highest BCUT2D eigenvalue weighted by Crippen LogP contribution is 2.63. The summed E-state index contributed by atoms with van der Waals surface area (Å²) in [6, 6.07) is 2.80. The van der Waals surface area contributed by atoms with Crippen molar-refractivity contribution in [2.45, 2.75) is 95.2 Å². The second kappa shape index (κ2) is 8.74. The van der Waals surface area contributed by atoms with Crippen LogP contribution in [0.25, 0.3) is 0 Å². The van der Waals surface area contributed by atoms with Gasteiger partial charge in [0.2, 0.25) is 0 Å². The van der Waals surface area contributed by atoms with Crippen LogP contribution in [0.2, 0.25) is 0 Å². The number of rotatable bonds is 6. The van der Waals surface area contributed by atoms with Gasteiger partial charge in [-0.3, -0.25) is 4.79 Å². The van der Waals surface area contributed by atoms with E-state index in [-0.39, 0.29) is 42.6 Å². The van der Waals surface area contributed by atoms with Crippen molar-refractivity contribution in [2.24, 2.45) is 12.5 Å². The predicted molar refractivity (Wildman–Crippen MR) is 142 cm³/mol. The molecule has 1 aliphatic heterocycles. The van der Waals surface area contributed by atoms with E-state index >= 15 is 4.39 Å². The third kappa shape index (κ3) is 4.21. The number of fused-ring (bicyclic) bond motifs is 1. The SMILES string of the molecule is Cn1cnnc1C1(C2(C)C=CC=C(N3Cc4c(cc(CNC5(C)CCC5)cc4C(F)(F)F)C3=O)C2)CC(C)(F)C1. The summed E-state index contributed by atoms with van der Waals surface area (Å²) in [5, 5.41) is 11.8. The van der Waals surface area contributed by atoms with Gasteiger partial charge in [-0.1, -0.05) is 19.1 Å². The lowest BCUT2D eigenvalue weighted by molar-refractivity contribution is -0.138. The lowest BCUT2D eigenvalue weighted by atomic mass is 9.47. The number of halogens is 4. The van der Waals surface area contributed by atoms with Gasteiger partial charge in [-0.2, -0.15) is 13.2 Å². The van der Waals surface area contributed by atoms with Crippen LogP contribution in [-0.4, -0.2) is 36.8 Å². The first-order valence-electron chi connectivity index (χ1n) is 13.9. The molecule has 0 radical (unpaired) electrons. The van der Waals surface area contributed by atoms with Crippen LogP contribution in [0.1, 0.15) is 92.2 Å². The Bertz CT molecular complexity index is 1430. The lowest BCUT2D eigenvalue weighted by Gasteiger charge is -2.58. The van der Waals surface area contributed by atoms with E-state index in [1.54, 1.807) is 30.0 Å². The summed E-state index contributed by atoms with van der Waals surface area (Å²) in [4.78, 5) is 15.2. The standard InChI is InChI=1S/C30H35F4N5O/c1-26(29(16-27(2,31)17-29)25-37-36-18-38(25)4)8-5-7-20(13-26)39-15-22-21(24(39)40)11-19(12-23(22)30(32,33)34)14-35-28(3)9-6-10-28/h5,7-8,11-12,18,35H,6,9-10,13-17H2,1-4H3. The monoisotopic (exact) mass is 557 g/mol. The maximum Gasteiger partial charge on any atom is 0.416 e. The highest BCUT2D eigenvalue weighted by molar-refractivity contribution is 6.00. The van der Waals surface area contributed by atoms with Gasteiger partial charge in [0.05, 0.1) is 12.1 Å². The molecule has 3 aliphatic carbocycles. The molecule has 1 aromatic heterocycles.